The fourth-order valence-corrected chi connectivity index (χ4v) is 2.39. The lowest BCUT2D eigenvalue weighted by Gasteiger charge is -2.28. The molecule has 0 aliphatic rings. The molecule has 18 heavy (non-hydrogen) atoms. The maximum absolute atomic E-state index is 5.65. The molecule has 0 aromatic rings. The summed E-state index contributed by atoms with van der Waals surface area (Å²) in [6.45, 7) is 10.8. The zero-order chi connectivity index (χ0) is 13.8. The third-order valence-electron chi connectivity index (χ3n) is 4.01. The van der Waals surface area contributed by atoms with Gasteiger partial charge in [-0.05, 0) is 51.6 Å². The first kappa shape index (κ1) is 17.9. The van der Waals surface area contributed by atoms with Gasteiger partial charge in [-0.25, -0.2) is 0 Å². The van der Waals surface area contributed by atoms with Gasteiger partial charge in [-0.1, -0.05) is 20.3 Å². The summed E-state index contributed by atoms with van der Waals surface area (Å²) in [6, 6.07) is 0.662. The van der Waals surface area contributed by atoms with Crippen LogP contribution in [0.1, 0.15) is 52.9 Å². The summed E-state index contributed by atoms with van der Waals surface area (Å²) in [5.41, 5.74) is 5.65. The zero-order valence-corrected chi connectivity index (χ0v) is 13.0. The van der Waals surface area contributed by atoms with E-state index < -0.39 is 0 Å². The van der Waals surface area contributed by atoms with Crippen molar-refractivity contribution in [2.24, 2.45) is 11.7 Å². The van der Waals surface area contributed by atoms with Crippen LogP contribution in [0.2, 0.25) is 0 Å². The van der Waals surface area contributed by atoms with Crippen LogP contribution in [-0.2, 0) is 4.74 Å². The summed E-state index contributed by atoms with van der Waals surface area (Å²) < 4.78 is 5.20. The fourth-order valence-electron chi connectivity index (χ4n) is 2.39. The van der Waals surface area contributed by atoms with Crippen molar-refractivity contribution in [2.75, 3.05) is 33.4 Å². The summed E-state index contributed by atoms with van der Waals surface area (Å²) in [4.78, 5) is 2.55. The highest BCUT2D eigenvalue weighted by molar-refractivity contribution is 4.67. The monoisotopic (exact) mass is 258 g/mol. The Morgan fingerprint density at radius 3 is 2.33 bits per heavy atom. The Balaban J connectivity index is 3.93. The largest absolute Gasteiger partial charge is 0.383 e. The molecule has 0 saturated heterocycles. The van der Waals surface area contributed by atoms with E-state index in [0.717, 1.165) is 25.6 Å². The second-order valence-electron chi connectivity index (χ2n) is 5.28. The molecule has 0 amide bonds. The van der Waals surface area contributed by atoms with Crippen LogP contribution in [0, 0.1) is 5.92 Å². The van der Waals surface area contributed by atoms with Crippen molar-refractivity contribution in [2.45, 2.75) is 58.9 Å². The average molecular weight is 258 g/mol. The minimum atomic E-state index is 0.662. The summed E-state index contributed by atoms with van der Waals surface area (Å²) in [6.07, 6.45) is 6.25. The van der Waals surface area contributed by atoms with E-state index in [0.29, 0.717) is 6.04 Å². The first-order chi connectivity index (χ1) is 8.69. The summed E-state index contributed by atoms with van der Waals surface area (Å²) >= 11 is 0. The molecule has 110 valence electrons. The molecule has 0 aliphatic carbocycles. The molecule has 0 aliphatic heterocycles. The fraction of sp³-hybridized carbons (Fsp3) is 1.00. The Morgan fingerprint density at radius 2 is 1.83 bits per heavy atom. The van der Waals surface area contributed by atoms with Crippen LogP contribution in [0.25, 0.3) is 0 Å². The Labute approximate surface area is 114 Å². The van der Waals surface area contributed by atoms with Gasteiger partial charge < -0.3 is 10.5 Å². The minimum absolute atomic E-state index is 0.662. The van der Waals surface area contributed by atoms with Gasteiger partial charge in [0.1, 0.15) is 0 Å². The molecule has 0 saturated carbocycles. The van der Waals surface area contributed by atoms with Gasteiger partial charge in [-0.3, -0.25) is 4.90 Å². The number of methoxy groups -OCH3 is 1. The van der Waals surface area contributed by atoms with E-state index in [1.54, 1.807) is 7.11 Å². The molecule has 2 atom stereocenters. The molecule has 0 rings (SSSR count). The smallest absolute Gasteiger partial charge is 0.0589 e. The highest BCUT2D eigenvalue weighted by Gasteiger charge is 2.12. The molecule has 0 aromatic heterocycles. The summed E-state index contributed by atoms with van der Waals surface area (Å²) in [5, 5.41) is 0. The molecule has 0 radical (unpaired) electrons. The van der Waals surface area contributed by atoms with Gasteiger partial charge in [0.15, 0.2) is 0 Å². The van der Waals surface area contributed by atoms with Gasteiger partial charge >= 0.3 is 0 Å². The van der Waals surface area contributed by atoms with Crippen molar-refractivity contribution in [1.82, 2.24) is 4.90 Å². The number of nitrogens with zero attached hydrogens (tertiary/aromatic N) is 1. The lowest BCUT2D eigenvalue weighted by atomic mass is 9.96. The lowest BCUT2D eigenvalue weighted by Crippen LogP contribution is -2.36. The Hall–Kier alpha value is -0.120. The molecule has 0 aromatic carbocycles. The van der Waals surface area contributed by atoms with Gasteiger partial charge in [-0.15, -0.1) is 0 Å². The van der Waals surface area contributed by atoms with Gasteiger partial charge in [0.25, 0.3) is 0 Å². The molecular formula is C15H34N2O. The van der Waals surface area contributed by atoms with Crippen LogP contribution in [0.15, 0.2) is 0 Å². The maximum atomic E-state index is 5.65. The lowest BCUT2D eigenvalue weighted by molar-refractivity contribution is 0.120. The van der Waals surface area contributed by atoms with Gasteiger partial charge in [0, 0.05) is 19.7 Å². The van der Waals surface area contributed by atoms with E-state index in [9.17, 15) is 0 Å². The van der Waals surface area contributed by atoms with Crippen molar-refractivity contribution in [3.05, 3.63) is 0 Å². The first-order valence-electron chi connectivity index (χ1n) is 7.62. The molecule has 3 heteroatoms. The highest BCUT2D eigenvalue weighted by Crippen LogP contribution is 2.15. The second kappa shape index (κ2) is 11.9. The second-order valence-corrected chi connectivity index (χ2v) is 5.28. The van der Waals surface area contributed by atoms with Crippen LogP contribution in [-0.4, -0.2) is 44.3 Å². The van der Waals surface area contributed by atoms with E-state index in [1.165, 1.54) is 38.6 Å². The van der Waals surface area contributed by atoms with E-state index in [-0.39, 0.29) is 0 Å². The van der Waals surface area contributed by atoms with Crippen LogP contribution in [0.3, 0.4) is 0 Å². The van der Waals surface area contributed by atoms with Crippen LogP contribution < -0.4 is 5.73 Å². The number of rotatable bonds is 12. The minimum Gasteiger partial charge on any atom is -0.383 e. The summed E-state index contributed by atoms with van der Waals surface area (Å²) in [7, 11) is 1.78. The van der Waals surface area contributed by atoms with Gasteiger partial charge in [0.05, 0.1) is 6.61 Å². The predicted molar refractivity (Wildman–Crippen MR) is 79.9 cm³/mol. The van der Waals surface area contributed by atoms with E-state index in [1.807, 2.05) is 0 Å². The van der Waals surface area contributed by atoms with Crippen molar-refractivity contribution < 1.29 is 4.74 Å². The van der Waals surface area contributed by atoms with Crippen molar-refractivity contribution in [3.63, 3.8) is 0 Å². The quantitative estimate of drug-likeness (QED) is 0.585. The molecular weight excluding hydrogens is 224 g/mol. The van der Waals surface area contributed by atoms with E-state index in [2.05, 4.69) is 25.7 Å². The SMILES string of the molecule is CCC(CCN)CCCN(CCOC)C(C)CC. The zero-order valence-electron chi connectivity index (χ0n) is 13.0. The van der Waals surface area contributed by atoms with Crippen molar-refractivity contribution in [3.8, 4) is 0 Å². The molecule has 0 spiro atoms. The van der Waals surface area contributed by atoms with E-state index in [4.69, 9.17) is 10.5 Å². The average Bonchev–Trinajstić information content (AvgIpc) is 2.40. The molecule has 0 heterocycles. The maximum Gasteiger partial charge on any atom is 0.0589 e. The van der Waals surface area contributed by atoms with Crippen LogP contribution in [0.4, 0.5) is 0 Å². The first-order valence-corrected chi connectivity index (χ1v) is 7.62. The van der Waals surface area contributed by atoms with E-state index >= 15 is 0 Å². The molecule has 3 nitrogen and oxygen atoms in total. The molecule has 2 N–H and O–H groups in total. The number of hydrogen-bond acceptors (Lipinski definition) is 3. The Kier molecular flexibility index (Phi) is 11.9. The number of nitrogens with two attached hydrogens (primary N) is 1. The molecule has 2 unspecified atom stereocenters. The standard InChI is InChI=1S/C15H34N2O/c1-5-14(3)17(12-13-18-4)11-7-8-15(6-2)9-10-16/h14-15H,5-13,16H2,1-4H3. The topological polar surface area (TPSA) is 38.5 Å². The Bertz CT molecular complexity index is 176. The highest BCUT2D eigenvalue weighted by atomic mass is 16.5. The molecule has 0 fully saturated rings. The Morgan fingerprint density at radius 1 is 1.11 bits per heavy atom. The van der Waals surface area contributed by atoms with Gasteiger partial charge in [-0.2, -0.15) is 0 Å². The van der Waals surface area contributed by atoms with Crippen LogP contribution in [0.5, 0.6) is 0 Å². The van der Waals surface area contributed by atoms with Crippen LogP contribution >= 0.6 is 0 Å². The number of hydrogen-bond donors (Lipinski definition) is 1. The molecule has 0 bridgehead atoms. The van der Waals surface area contributed by atoms with Crippen molar-refractivity contribution in [1.29, 1.82) is 0 Å². The summed E-state index contributed by atoms with van der Waals surface area (Å²) in [5.74, 6) is 0.816. The third kappa shape index (κ3) is 8.06. The number of ether oxygens (including phenoxy) is 1. The normalized spacial score (nSPS) is 15.0. The van der Waals surface area contributed by atoms with Gasteiger partial charge in [0.2, 0.25) is 0 Å². The predicted octanol–water partition coefficient (Wildman–Crippen LogP) is 2.89. The van der Waals surface area contributed by atoms with Crippen molar-refractivity contribution >= 4 is 0 Å². The third-order valence-corrected chi connectivity index (χ3v) is 4.01.